The van der Waals surface area contributed by atoms with Gasteiger partial charge in [0.05, 0.1) is 10.7 Å². The van der Waals surface area contributed by atoms with Gasteiger partial charge in [-0.15, -0.1) is 0 Å². The highest BCUT2D eigenvalue weighted by molar-refractivity contribution is 7.89. The van der Waals surface area contributed by atoms with E-state index in [9.17, 15) is 35.2 Å². The maximum absolute atomic E-state index is 13.4. The summed E-state index contributed by atoms with van der Waals surface area (Å²) >= 11 is 6.51. The van der Waals surface area contributed by atoms with Crippen LogP contribution in [0.2, 0.25) is 5.15 Å². The summed E-state index contributed by atoms with van der Waals surface area (Å²) in [5.41, 5.74) is -2.34. The molecule has 9 nitrogen and oxygen atoms in total. The minimum atomic E-state index is -4.55. The summed E-state index contributed by atoms with van der Waals surface area (Å²) in [5.74, 6) is -1.18. The summed E-state index contributed by atoms with van der Waals surface area (Å²) in [4.78, 5) is 21.4. The smallest absolute Gasteiger partial charge is 0.394 e. The second-order valence-electron chi connectivity index (χ2n) is 11.1. The van der Waals surface area contributed by atoms with Crippen molar-refractivity contribution in [2.75, 3.05) is 20.6 Å². The first-order chi connectivity index (χ1) is 19.4. The van der Waals surface area contributed by atoms with Crippen LogP contribution < -0.4 is 10.1 Å². The van der Waals surface area contributed by atoms with Gasteiger partial charge in [0.15, 0.2) is 17.3 Å². The maximum Gasteiger partial charge on any atom is 0.394 e. The largest absolute Gasteiger partial charge is 0.431 e. The van der Waals surface area contributed by atoms with E-state index >= 15 is 0 Å². The SMILES string of the molecule is CCc1nc(C(=O)NCC2CCC(S(=O)(=O)N(C)C)CC2)c(Cl)n1-c1ncc(CC(C)(C)C(F)(F)F)cc1OC(F)F. The minimum Gasteiger partial charge on any atom is -0.431 e. The van der Waals surface area contributed by atoms with Crippen molar-refractivity contribution in [1.82, 2.24) is 24.2 Å². The van der Waals surface area contributed by atoms with Gasteiger partial charge in [0.1, 0.15) is 11.0 Å². The van der Waals surface area contributed by atoms with Gasteiger partial charge in [-0.25, -0.2) is 22.7 Å². The molecule has 0 radical (unpaired) electrons. The molecule has 0 bridgehead atoms. The molecule has 1 saturated carbocycles. The number of hydrogen-bond donors (Lipinski definition) is 1. The number of rotatable bonds is 11. The first-order valence-corrected chi connectivity index (χ1v) is 15.2. The fourth-order valence-corrected chi connectivity index (χ4v) is 6.60. The van der Waals surface area contributed by atoms with Crippen LogP contribution in [0.5, 0.6) is 5.75 Å². The van der Waals surface area contributed by atoms with Crippen molar-refractivity contribution in [1.29, 1.82) is 0 Å². The summed E-state index contributed by atoms with van der Waals surface area (Å²) in [6.07, 6.45) is -1.66. The molecule has 0 atom stereocenters. The van der Waals surface area contributed by atoms with E-state index in [2.05, 4.69) is 20.0 Å². The molecule has 16 heteroatoms. The Labute approximate surface area is 246 Å². The molecule has 1 aliphatic carbocycles. The Bertz CT molecular complexity index is 1370. The number of halogens is 6. The number of carbonyl (C=O) groups is 1. The number of aryl methyl sites for hydroxylation is 1. The molecule has 1 fully saturated rings. The molecule has 1 amide bonds. The summed E-state index contributed by atoms with van der Waals surface area (Å²) in [6.45, 7) is 0.594. The van der Waals surface area contributed by atoms with E-state index in [1.807, 2.05) is 0 Å². The van der Waals surface area contributed by atoms with Gasteiger partial charge in [-0.1, -0.05) is 32.4 Å². The van der Waals surface area contributed by atoms with Crippen LogP contribution >= 0.6 is 11.6 Å². The van der Waals surface area contributed by atoms with Gasteiger partial charge in [-0.2, -0.15) is 22.0 Å². The van der Waals surface area contributed by atoms with Crippen molar-refractivity contribution in [3.63, 3.8) is 0 Å². The molecule has 1 N–H and O–H groups in total. The predicted octanol–water partition coefficient (Wildman–Crippen LogP) is 5.40. The van der Waals surface area contributed by atoms with Crippen LogP contribution in [-0.2, 0) is 22.9 Å². The maximum atomic E-state index is 13.4. The Balaban J connectivity index is 1.83. The van der Waals surface area contributed by atoms with Crippen molar-refractivity contribution >= 4 is 27.5 Å². The van der Waals surface area contributed by atoms with Gasteiger partial charge >= 0.3 is 12.8 Å². The van der Waals surface area contributed by atoms with Crippen LogP contribution in [0, 0.1) is 11.3 Å². The molecule has 0 aliphatic heterocycles. The summed E-state index contributed by atoms with van der Waals surface area (Å²) in [7, 11) is -0.369. The van der Waals surface area contributed by atoms with Crippen molar-refractivity contribution in [3.8, 4) is 11.6 Å². The van der Waals surface area contributed by atoms with Crippen LogP contribution in [0.3, 0.4) is 0 Å². The number of ether oxygens (including phenoxy) is 1. The topological polar surface area (TPSA) is 106 Å². The molecule has 0 spiro atoms. The zero-order chi connectivity index (χ0) is 31.6. The third-order valence-electron chi connectivity index (χ3n) is 7.43. The zero-order valence-electron chi connectivity index (χ0n) is 23.9. The van der Waals surface area contributed by atoms with Gasteiger partial charge in [0, 0.05) is 33.3 Å². The number of pyridine rings is 1. The molecule has 0 saturated heterocycles. The zero-order valence-corrected chi connectivity index (χ0v) is 25.5. The van der Waals surface area contributed by atoms with Crippen molar-refractivity contribution < 1.29 is 39.9 Å². The van der Waals surface area contributed by atoms with Gasteiger partial charge in [-0.3, -0.25) is 9.36 Å². The van der Waals surface area contributed by atoms with Crippen LogP contribution in [0.25, 0.3) is 5.82 Å². The quantitative estimate of drug-likeness (QED) is 0.329. The van der Waals surface area contributed by atoms with Crippen molar-refractivity contribution in [2.45, 2.75) is 77.3 Å². The van der Waals surface area contributed by atoms with Crippen LogP contribution in [0.1, 0.15) is 68.3 Å². The Hall–Kier alpha value is -2.52. The average Bonchev–Trinajstić information content (AvgIpc) is 3.22. The third-order valence-corrected chi connectivity index (χ3v) is 10.1. The van der Waals surface area contributed by atoms with E-state index in [1.165, 1.54) is 18.4 Å². The van der Waals surface area contributed by atoms with Crippen LogP contribution in [0.4, 0.5) is 22.0 Å². The highest BCUT2D eigenvalue weighted by Gasteiger charge is 2.47. The van der Waals surface area contributed by atoms with Crippen LogP contribution in [-0.4, -0.2) is 71.8 Å². The van der Waals surface area contributed by atoms with Crippen molar-refractivity contribution in [2.24, 2.45) is 11.3 Å². The van der Waals surface area contributed by atoms with E-state index in [4.69, 9.17) is 11.6 Å². The standard InChI is InChI=1S/C26H35ClF5N5O4S/c1-6-19-35-20(23(38)34-13-15-7-9-17(10-8-15)42(39,40)36(4)5)21(27)37(19)22-18(41-24(28)29)11-16(14-33-22)12-25(2,3)26(30,31)32/h11,14-15,17,24H,6-10,12-13H2,1-5H3,(H,34,38). The number of hydrogen-bond acceptors (Lipinski definition) is 6. The number of amides is 1. The van der Waals surface area contributed by atoms with Gasteiger partial charge in [0.2, 0.25) is 10.0 Å². The third kappa shape index (κ3) is 7.51. The molecule has 236 valence electrons. The fraction of sp³-hybridized carbons (Fsp3) is 0.654. The number of carbonyl (C=O) groups excluding carboxylic acids is 1. The molecule has 0 unspecified atom stereocenters. The summed E-state index contributed by atoms with van der Waals surface area (Å²) in [6, 6.07) is 1.05. The predicted molar refractivity (Wildman–Crippen MR) is 147 cm³/mol. The van der Waals surface area contributed by atoms with Gasteiger partial charge in [-0.05, 0) is 49.7 Å². The number of nitrogens with zero attached hydrogens (tertiary/aromatic N) is 4. The molecule has 0 aromatic carbocycles. The first-order valence-electron chi connectivity index (χ1n) is 13.4. The molecular weight excluding hydrogens is 609 g/mol. The Morgan fingerprint density at radius 2 is 1.83 bits per heavy atom. The number of sulfonamides is 1. The van der Waals surface area contributed by atoms with Gasteiger partial charge in [0.25, 0.3) is 5.91 Å². The minimum absolute atomic E-state index is 0.0112. The normalized spacial score (nSPS) is 18.5. The van der Waals surface area contributed by atoms with E-state index < -0.39 is 51.6 Å². The lowest BCUT2D eigenvalue weighted by molar-refractivity contribution is -0.211. The van der Waals surface area contributed by atoms with E-state index in [0.29, 0.717) is 25.7 Å². The lowest BCUT2D eigenvalue weighted by atomic mass is 9.85. The van der Waals surface area contributed by atoms with Crippen LogP contribution in [0.15, 0.2) is 12.3 Å². The molecule has 3 rings (SSSR count). The van der Waals surface area contributed by atoms with Gasteiger partial charge < -0.3 is 10.1 Å². The molecular formula is C26H35ClF5N5O4S. The highest BCUT2D eigenvalue weighted by Crippen LogP contribution is 2.41. The molecule has 2 aromatic heterocycles. The second-order valence-corrected chi connectivity index (χ2v) is 13.9. The molecule has 42 heavy (non-hydrogen) atoms. The van der Waals surface area contributed by atoms with E-state index in [-0.39, 0.29) is 46.9 Å². The lowest BCUT2D eigenvalue weighted by Gasteiger charge is -2.30. The number of alkyl halides is 5. The number of nitrogens with one attached hydrogen (secondary N) is 1. The Morgan fingerprint density at radius 3 is 2.36 bits per heavy atom. The van der Waals surface area contributed by atoms with Crippen molar-refractivity contribution in [3.05, 3.63) is 34.5 Å². The summed E-state index contributed by atoms with van der Waals surface area (Å²) < 4.78 is 98.6. The van der Waals surface area contributed by atoms with E-state index in [0.717, 1.165) is 30.7 Å². The average molecular weight is 644 g/mol. The first kappa shape index (κ1) is 34.0. The monoisotopic (exact) mass is 643 g/mol. The number of imidazole rings is 1. The summed E-state index contributed by atoms with van der Waals surface area (Å²) in [5, 5.41) is 2.05. The fourth-order valence-electron chi connectivity index (χ4n) is 4.83. The highest BCUT2D eigenvalue weighted by atomic mass is 35.5. The Kier molecular flexibility index (Phi) is 10.5. The number of aromatic nitrogens is 3. The van der Waals surface area contributed by atoms with E-state index in [1.54, 1.807) is 6.92 Å². The second kappa shape index (κ2) is 13.0. The molecule has 1 aliphatic rings. The molecule has 2 aromatic rings. The Morgan fingerprint density at radius 1 is 1.21 bits per heavy atom. The lowest BCUT2D eigenvalue weighted by Crippen LogP contribution is -2.38. The molecule has 2 heterocycles.